The second-order valence-corrected chi connectivity index (χ2v) is 5.99. The quantitative estimate of drug-likeness (QED) is 0.778. The Morgan fingerprint density at radius 1 is 1.18 bits per heavy atom. The number of rotatable bonds is 6. The molecule has 0 bridgehead atoms. The molecule has 1 saturated heterocycles. The fourth-order valence-electron chi connectivity index (χ4n) is 2.24. The van der Waals surface area contributed by atoms with E-state index in [4.69, 9.17) is 27.9 Å². The molecule has 122 valence electrons. The van der Waals surface area contributed by atoms with Gasteiger partial charge in [-0.2, -0.15) is 0 Å². The summed E-state index contributed by atoms with van der Waals surface area (Å²) in [5, 5.41) is 6.45. The zero-order valence-corrected chi connectivity index (χ0v) is 13.9. The average Bonchev–Trinajstić information content (AvgIpc) is 2.52. The van der Waals surface area contributed by atoms with Crippen molar-refractivity contribution >= 4 is 34.9 Å². The first-order valence-electron chi connectivity index (χ1n) is 7.45. The Balaban J connectivity index is 1.58. The number of benzene rings is 1. The number of hydrogen-bond acceptors (Lipinski definition) is 3. The van der Waals surface area contributed by atoms with Gasteiger partial charge in [0.15, 0.2) is 0 Å². The molecule has 1 heterocycles. The molecule has 0 aliphatic carbocycles. The van der Waals surface area contributed by atoms with E-state index in [9.17, 15) is 4.79 Å². The van der Waals surface area contributed by atoms with Gasteiger partial charge in [0.2, 0.25) is 0 Å². The Hall–Kier alpha value is -1.01. The van der Waals surface area contributed by atoms with Gasteiger partial charge in [0.1, 0.15) is 0 Å². The number of morpholine rings is 1. The second-order valence-electron chi connectivity index (χ2n) is 5.17. The fourth-order valence-corrected chi connectivity index (χ4v) is 2.53. The van der Waals surface area contributed by atoms with Gasteiger partial charge in [-0.1, -0.05) is 23.2 Å². The summed E-state index contributed by atoms with van der Waals surface area (Å²) in [6.07, 6.45) is 2.01. The fraction of sp³-hybridized carbons (Fsp3) is 0.533. The van der Waals surface area contributed by atoms with Crippen LogP contribution in [-0.4, -0.2) is 50.3 Å². The van der Waals surface area contributed by atoms with E-state index in [1.54, 1.807) is 18.2 Å². The van der Waals surface area contributed by atoms with Gasteiger partial charge >= 0.3 is 6.03 Å². The van der Waals surface area contributed by atoms with Crippen molar-refractivity contribution in [3.63, 3.8) is 0 Å². The summed E-state index contributed by atoms with van der Waals surface area (Å²) < 4.78 is 5.31. The Morgan fingerprint density at radius 2 is 1.95 bits per heavy atom. The highest BCUT2D eigenvalue weighted by atomic mass is 35.5. The lowest BCUT2D eigenvalue weighted by Crippen LogP contribution is -2.37. The number of amides is 2. The van der Waals surface area contributed by atoms with Crippen LogP contribution in [0.15, 0.2) is 18.2 Å². The highest BCUT2D eigenvalue weighted by Gasteiger charge is 2.09. The zero-order valence-electron chi connectivity index (χ0n) is 12.4. The van der Waals surface area contributed by atoms with E-state index >= 15 is 0 Å². The minimum Gasteiger partial charge on any atom is -0.379 e. The van der Waals surface area contributed by atoms with Gasteiger partial charge in [0.05, 0.1) is 23.3 Å². The Morgan fingerprint density at radius 3 is 2.68 bits per heavy atom. The van der Waals surface area contributed by atoms with Gasteiger partial charge in [-0.3, -0.25) is 4.90 Å². The third-order valence-corrected chi connectivity index (χ3v) is 4.21. The van der Waals surface area contributed by atoms with Crippen molar-refractivity contribution < 1.29 is 9.53 Å². The first-order chi connectivity index (χ1) is 10.6. The molecular weight excluding hydrogens is 325 g/mol. The smallest absolute Gasteiger partial charge is 0.319 e. The maximum Gasteiger partial charge on any atom is 0.319 e. The average molecular weight is 346 g/mol. The van der Waals surface area contributed by atoms with Crippen LogP contribution in [0.25, 0.3) is 0 Å². The lowest BCUT2D eigenvalue weighted by atomic mass is 10.2. The van der Waals surface area contributed by atoms with Gasteiger partial charge in [-0.15, -0.1) is 0 Å². The van der Waals surface area contributed by atoms with Crippen molar-refractivity contribution in [3.8, 4) is 0 Å². The monoisotopic (exact) mass is 345 g/mol. The molecule has 0 spiro atoms. The maximum atomic E-state index is 11.7. The lowest BCUT2D eigenvalue weighted by molar-refractivity contribution is 0.0372. The van der Waals surface area contributed by atoms with Crippen molar-refractivity contribution in [1.29, 1.82) is 0 Å². The summed E-state index contributed by atoms with van der Waals surface area (Å²) in [6.45, 7) is 5.36. The lowest BCUT2D eigenvalue weighted by Gasteiger charge is -2.26. The molecule has 0 saturated carbocycles. The van der Waals surface area contributed by atoms with Crippen molar-refractivity contribution in [2.75, 3.05) is 44.7 Å². The van der Waals surface area contributed by atoms with Gasteiger partial charge in [-0.05, 0) is 37.6 Å². The van der Waals surface area contributed by atoms with Gasteiger partial charge in [0.25, 0.3) is 0 Å². The molecule has 0 radical (unpaired) electrons. The van der Waals surface area contributed by atoms with Crippen molar-refractivity contribution in [3.05, 3.63) is 28.2 Å². The molecule has 0 aromatic heterocycles. The molecule has 2 rings (SSSR count). The van der Waals surface area contributed by atoms with Crippen LogP contribution in [0.2, 0.25) is 10.0 Å². The van der Waals surface area contributed by atoms with Crippen LogP contribution < -0.4 is 10.6 Å². The number of carbonyl (C=O) groups is 1. The number of anilines is 1. The highest BCUT2D eigenvalue weighted by molar-refractivity contribution is 6.42. The van der Waals surface area contributed by atoms with Crippen LogP contribution in [0.3, 0.4) is 0 Å². The third-order valence-electron chi connectivity index (χ3n) is 3.47. The molecule has 1 aliphatic rings. The highest BCUT2D eigenvalue weighted by Crippen LogP contribution is 2.24. The molecule has 1 fully saturated rings. The van der Waals surface area contributed by atoms with Crippen LogP contribution >= 0.6 is 23.2 Å². The first-order valence-corrected chi connectivity index (χ1v) is 8.21. The van der Waals surface area contributed by atoms with Crippen LogP contribution in [-0.2, 0) is 4.74 Å². The van der Waals surface area contributed by atoms with Gasteiger partial charge in [0, 0.05) is 25.3 Å². The van der Waals surface area contributed by atoms with Crippen molar-refractivity contribution in [2.24, 2.45) is 0 Å². The summed E-state index contributed by atoms with van der Waals surface area (Å²) in [4.78, 5) is 14.1. The molecule has 5 nitrogen and oxygen atoms in total. The minimum atomic E-state index is -0.232. The molecule has 2 N–H and O–H groups in total. The number of carbonyl (C=O) groups excluding carboxylic acids is 1. The van der Waals surface area contributed by atoms with E-state index < -0.39 is 0 Å². The number of urea groups is 1. The predicted molar refractivity (Wildman–Crippen MR) is 90.0 cm³/mol. The number of ether oxygens (including phenoxy) is 1. The van der Waals surface area contributed by atoms with E-state index in [0.29, 0.717) is 22.3 Å². The van der Waals surface area contributed by atoms with Crippen LogP contribution in [0.1, 0.15) is 12.8 Å². The molecule has 0 unspecified atom stereocenters. The SMILES string of the molecule is O=C(NCCCCN1CCOCC1)Nc1ccc(Cl)c(Cl)c1. The summed E-state index contributed by atoms with van der Waals surface area (Å²) in [7, 11) is 0. The number of unbranched alkanes of at least 4 members (excludes halogenated alkanes) is 1. The van der Waals surface area contributed by atoms with E-state index in [1.807, 2.05) is 0 Å². The summed E-state index contributed by atoms with van der Waals surface area (Å²) >= 11 is 11.7. The van der Waals surface area contributed by atoms with Crippen molar-refractivity contribution in [1.82, 2.24) is 10.2 Å². The standard InChI is InChI=1S/C15H21Cl2N3O2/c16-13-4-3-12(11-14(13)17)19-15(21)18-5-1-2-6-20-7-9-22-10-8-20/h3-4,11H,1-2,5-10H2,(H2,18,19,21). The Labute approximate surface area is 140 Å². The van der Waals surface area contributed by atoms with Gasteiger partial charge < -0.3 is 15.4 Å². The summed E-state index contributed by atoms with van der Waals surface area (Å²) in [6, 6.07) is 4.76. The molecule has 1 aromatic carbocycles. The molecule has 1 aromatic rings. The topological polar surface area (TPSA) is 53.6 Å². The molecule has 2 amide bonds. The number of nitrogens with zero attached hydrogens (tertiary/aromatic N) is 1. The van der Waals surface area contributed by atoms with E-state index in [1.165, 1.54) is 0 Å². The molecule has 22 heavy (non-hydrogen) atoms. The van der Waals surface area contributed by atoms with E-state index in [0.717, 1.165) is 45.7 Å². The number of nitrogens with one attached hydrogen (secondary N) is 2. The number of hydrogen-bond donors (Lipinski definition) is 2. The van der Waals surface area contributed by atoms with Crippen LogP contribution in [0.4, 0.5) is 10.5 Å². The Bertz CT molecular complexity index is 494. The molecule has 0 atom stereocenters. The summed E-state index contributed by atoms with van der Waals surface area (Å²) in [5.41, 5.74) is 0.625. The molecule has 1 aliphatic heterocycles. The maximum absolute atomic E-state index is 11.7. The second kappa shape index (κ2) is 9.20. The number of halogens is 2. The molecular formula is C15H21Cl2N3O2. The van der Waals surface area contributed by atoms with E-state index in [2.05, 4.69) is 15.5 Å². The van der Waals surface area contributed by atoms with Crippen LogP contribution in [0, 0.1) is 0 Å². The van der Waals surface area contributed by atoms with E-state index in [-0.39, 0.29) is 6.03 Å². The molecule has 7 heteroatoms. The largest absolute Gasteiger partial charge is 0.379 e. The predicted octanol–water partition coefficient (Wildman–Crippen LogP) is 3.23. The minimum absolute atomic E-state index is 0.232. The summed E-state index contributed by atoms with van der Waals surface area (Å²) in [5.74, 6) is 0. The van der Waals surface area contributed by atoms with Crippen LogP contribution in [0.5, 0.6) is 0 Å². The first kappa shape index (κ1) is 17.3. The normalized spacial score (nSPS) is 15.5. The third kappa shape index (κ3) is 6.01. The van der Waals surface area contributed by atoms with Gasteiger partial charge in [-0.25, -0.2) is 4.79 Å². The van der Waals surface area contributed by atoms with Crippen molar-refractivity contribution in [2.45, 2.75) is 12.8 Å². The Kier molecular flexibility index (Phi) is 7.25. The zero-order chi connectivity index (χ0) is 15.8.